The van der Waals surface area contributed by atoms with Crippen molar-refractivity contribution in [3.63, 3.8) is 0 Å². The van der Waals surface area contributed by atoms with Crippen LogP contribution in [-0.4, -0.2) is 264 Å². The van der Waals surface area contributed by atoms with E-state index in [1.54, 1.807) is 27.0 Å². The minimum atomic E-state index is -2.06. The Kier molecular flexibility index (Phi) is 58.1. The summed E-state index contributed by atoms with van der Waals surface area (Å²) in [7, 11) is 0. The van der Waals surface area contributed by atoms with Crippen LogP contribution < -0.4 is 115 Å². The highest BCUT2D eigenvalue weighted by atomic mass is 16.3. The monoisotopic (exact) mass is 1900 g/mol. The number of carbonyl (C=O) groups excluding carboxylic acids is 17. The molecule has 134 heavy (non-hydrogen) atoms. The number of unbranched alkanes of at least 4 members (excludes halogenated alkanes) is 14. The van der Waals surface area contributed by atoms with Crippen LogP contribution >= 0.6 is 0 Å². The zero-order valence-corrected chi connectivity index (χ0v) is 81.0. The minimum Gasteiger partial charge on any atom is -0.394 e. The van der Waals surface area contributed by atoms with Crippen LogP contribution in [0.5, 0.6) is 0 Å². The van der Waals surface area contributed by atoms with Gasteiger partial charge in [-0.1, -0.05) is 152 Å². The number of likely N-dealkylation sites (tertiary alicyclic amines) is 1. The molecular formula is C90H161N25O19. The van der Waals surface area contributed by atoms with Gasteiger partial charge in [0.2, 0.25) is 100 Å². The van der Waals surface area contributed by atoms with E-state index >= 15 is 4.79 Å². The second kappa shape index (κ2) is 65.5. The van der Waals surface area contributed by atoms with Crippen molar-refractivity contribution in [2.75, 3.05) is 39.3 Å². The van der Waals surface area contributed by atoms with Gasteiger partial charge in [0.15, 0.2) is 11.9 Å². The van der Waals surface area contributed by atoms with E-state index in [0.29, 0.717) is 44.2 Å². The van der Waals surface area contributed by atoms with Crippen LogP contribution in [0.4, 0.5) is 0 Å². The molecule has 2 rings (SSSR count). The van der Waals surface area contributed by atoms with Crippen molar-refractivity contribution in [3.05, 3.63) is 11.8 Å². The van der Waals surface area contributed by atoms with Gasteiger partial charge in [0.05, 0.1) is 19.1 Å². The van der Waals surface area contributed by atoms with Crippen LogP contribution in [0.25, 0.3) is 0 Å². The van der Waals surface area contributed by atoms with Crippen molar-refractivity contribution in [1.29, 1.82) is 0 Å². The molecule has 0 bridgehead atoms. The first-order valence-electron chi connectivity index (χ1n) is 47.8. The number of nitrogens with one attached hydrogen (secondary N) is 14. The number of aliphatic hydroxyl groups excluding tert-OH is 2. The third kappa shape index (κ3) is 47.6. The highest BCUT2D eigenvalue weighted by Gasteiger charge is 2.43. The molecule has 30 N–H and O–H groups in total. The Labute approximate surface area is 788 Å². The summed E-state index contributed by atoms with van der Waals surface area (Å²) in [5.74, 6) is -17.2. The first-order valence-corrected chi connectivity index (χ1v) is 47.8. The van der Waals surface area contributed by atoms with Crippen molar-refractivity contribution in [1.82, 2.24) is 79.3 Å². The molecule has 44 nitrogen and oxygen atoms in total. The average molecular weight is 1900 g/mol. The van der Waals surface area contributed by atoms with Gasteiger partial charge < -0.3 is 130 Å². The number of amides is 17. The van der Waals surface area contributed by atoms with Gasteiger partial charge in [-0.2, -0.15) is 0 Å². The van der Waals surface area contributed by atoms with E-state index in [1.165, 1.54) is 84.3 Å². The van der Waals surface area contributed by atoms with Crippen LogP contribution in [0.3, 0.4) is 0 Å². The van der Waals surface area contributed by atoms with Crippen molar-refractivity contribution in [2.24, 2.45) is 78.8 Å². The Bertz CT molecular complexity index is 3890. The first kappa shape index (κ1) is 119. The van der Waals surface area contributed by atoms with Gasteiger partial charge in [-0.3, -0.25) is 96.5 Å². The molecule has 0 spiro atoms. The van der Waals surface area contributed by atoms with Crippen LogP contribution in [0.1, 0.15) is 282 Å². The number of carbonyl (C=O) groups is 17. The Balaban J connectivity index is 2.45. The quantitative estimate of drug-likeness (QED) is 0.0182. The van der Waals surface area contributed by atoms with Crippen LogP contribution in [0.15, 0.2) is 26.8 Å². The van der Waals surface area contributed by atoms with E-state index in [0.717, 1.165) is 37.5 Å². The molecule has 0 aliphatic carbocycles. The summed E-state index contributed by atoms with van der Waals surface area (Å²) < 4.78 is 0. The van der Waals surface area contributed by atoms with E-state index in [1.807, 2.05) is 34.6 Å². The molecular weight excluding hydrogens is 1740 g/mol. The van der Waals surface area contributed by atoms with Crippen molar-refractivity contribution < 1.29 is 91.7 Å². The predicted molar refractivity (Wildman–Crippen MR) is 507 cm³/mol. The summed E-state index contributed by atoms with van der Waals surface area (Å²) in [6.45, 7) is 19.3. The number of hydrogen-bond acceptors (Lipinski definition) is 23. The molecule has 0 aromatic heterocycles. The highest BCUT2D eigenvalue weighted by molar-refractivity contribution is 6.02. The molecule has 17 amide bonds. The fourth-order valence-corrected chi connectivity index (χ4v) is 15.2. The lowest BCUT2D eigenvalue weighted by molar-refractivity contribution is -0.143. The number of primary amides is 2. The third-order valence-electron chi connectivity index (χ3n) is 23.0. The average Bonchev–Trinajstić information content (AvgIpc) is 1.65. The molecule has 760 valence electrons. The summed E-state index contributed by atoms with van der Waals surface area (Å²) in [6.07, 6.45) is 17.4. The zero-order chi connectivity index (χ0) is 101. The Morgan fingerprint density at radius 1 is 0.455 bits per heavy atom. The first-order chi connectivity index (χ1) is 63.4. The van der Waals surface area contributed by atoms with Gasteiger partial charge in [-0.15, -0.1) is 0 Å². The standard InChI is InChI=1S/C90H161N25O19/c1-13-15-16-17-18-19-20-21-22-23-24-25-26-29-41-99-76(122)64(46-52(3)4)108-81(127)65(47-53(5)6)109-78(124)60(33-27-28-40-91)104-77(123)61(34-30-42-100-89(94)95)106-84(130)69-36-32-45-115(69)88(134)63(35-31-43-101-90(96)97)107-79(125)62(37-38-70(92)119)105-83(129)68(51-116)112-82(128)67(49-71(93)120)111-87(133)74(57(11)117)114-75(121)56(10)102-80(126)66(48-59-39-44-98-50-59)110-85(131)72(54(7)8)113-86(132)73(55(9)14-2)103-58(12)118/h44,50,52-57,60-69,72-74,116-117H,13-43,45-49,51,91H2,1-12H3,(H2,92,119)(H2,93,120)(H,99,122)(H,102,126)(H,103,118)(H,104,123)(H,105,129)(H,106,130)(H,107,125)(H,108,127)(H,109,124)(H,110,131)(H,111,133)(H,112,128)(H,113,132)(H,114,121)(H4,94,95,100)(H4,96,97,101)/t55-,56-,57+,60-,61-,62-,63-,64-,65-,66-,67-,68-,69-,72-,73-,74-/m0/s1. The summed E-state index contributed by atoms with van der Waals surface area (Å²) in [5, 5.41) is 57.7. The van der Waals surface area contributed by atoms with Crippen LogP contribution in [0, 0.1) is 23.7 Å². The maximum atomic E-state index is 15.1. The predicted octanol–water partition coefficient (Wildman–Crippen LogP) is -1.79. The van der Waals surface area contributed by atoms with Crippen molar-refractivity contribution >= 4 is 119 Å². The largest absolute Gasteiger partial charge is 0.394 e. The molecule has 44 heteroatoms. The summed E-state index contributed by atoms with van der Waals surface area (Å²) in [5.41, 5.74) is 40.1. The summed E-state index contributed by atoms with van der Waals surface area (Å²) >= 11 is 0. The van der Waals surface area contributed by atoms with Gasteiger partial charge in [-0.05, 0) is 140 Å². The Morgan fingerprint density at radius 2 is 0.896 bits per heavy atom. The molecule has 1 saturated heterocycles. The number of guanidine groups is 2. The fraction of sp³-hybridized carbons (Fsp3) is 0.756. The van der Waals surface area contributed by atoms with Crippen LogP contribution in [0.2, 0.25) is 0 Å². The van der Waals surface area contributed by atoms with Crippen molar-refractivity contribution in [3.8, 4) is 0 Å². The molecule has 2 aliphatic rings. The lowest BCUT2D eigenvalue weighted by Crippen LogP contribution is -2.62. The van der Waals surface area contributed by atoms with E-state index in [-0.39, 0.29) is 120 Å². The molecule has 16 atom stereocenters. The van der Waals surface area contributed by atoms with Gasteiger partial charge in [0, 0.05) is 58.4 Å². The van der Waals surface area contributed by atoms with E-state index in [4.69, 9.17) is 40.1 Å². The number of aliphatic hydroxyl groups is 2. The number of nitrogens with two attached hydrogens (primary N) is 7. The number of aliphatic imine (C=N–C) groups is 3. The van der Waals surface area contributed by atoms with E-state index in [2.05, 4.69) is 96.3 Å². The molecule has 1 fully saturated rings. The number of rotatable bonds is 70. The molecule has 0 aromatic rings. The van der Waals surface area contributed by atoms with Gasteiger partial charge >= 0.3 is 0 Å². The smallest absolute Gasteiger partial charge is 0.245 e. The molecule has 2 aliphatic heterocycles. The Hall–Kier alpha value is -11.2. The molecule has 0 saturated carbocycles. The SMILES string of the molecule is CCCCCCCCCCCCCCCCNC(=O)[C@H](CC(C)C)NC(=O)[C@H](CC(C)C)NC(=O)[C@H](CCCCN)NC(=O)[C@H](CCCN=C(N)N)NC(=O)[C@@H]1CCCN1C(=O)[C@H](CCCN=C(N)N)NC(=O)[C@H](CCC(N)=O)NC(=O)[C@H](CO)NC(=O)[C@H](CC(N)=O)NC(=O)[C@@H](NC(=O)[C@H](C)NC(=O)[C@H](CC1=CN=CC1)NC(=O)[C@@H](NC(=O)[C@@H](NC(C)=O)[C@@H](C)CC)C(C)C)[C@@H](C)O. The maximum absolute atomic E-state index is 15.1. The van der Waals surface area contributed by atoms with Crippen molar-refractivity contribution in [2.45, 2.75) is 373 Å². The molecule has 2 heterocycles. The maximum Gasteiger partial charge on any atom is 0.245 e. The van der Waals surface area contributed by atoms with E-state index < -0.39 is 217 Å². The zero-order valence-electron chi connectivity index (χ0n) is 81.0. The molecule has 0 unspecified atom stereocenters. The molecule has 0 radical (unpaired) electrons. The minimum absolute atomic E-state index is 0.00732. The number of nitrogens with zero attached hydrogens (tertiary/aromatic N) is 4. The van der Waals surface area contributed by atoms with Gasteiger partial charge in [-0.25, -0.2) is 0 Å². The van der Waals surface area contributed by atoms with E-state index in [9.17, 15) is 86.9 Å². The second-order valence-corrected chi connectivity index (χ2v) is 36.2. The van der Waals surface area contributed by atoms with Gasteiger partial charge in [0.25, 0.3) is 0 Å². The normalized spacial score (nSPS) is 16.2. The van der Waals surface area contributed by atoms with Gasteiger partial charge in [0.1, 0.15) is 84.6 Å². The Morgan fingerprint density at radius 3 is 1.38 bits per heavy atom. The number of hydrogen-bond donors (Lipinski definition) is 23. The second-order valence-electron chi connectivity index (χ2n) is 36.2. The highest BCUT2D eigenvalue weighted by Crippen LogP contribution is 2.23. The fourth-order valence-electron chi connectivity index (χ4n) is 15.2. The summed E-state index contributed by atoms with van der Waals surface area (Å²) in [6, 6.07) is -20.8. The topological polar surface area (TPSA) is 722 Å². The molecule has 0 aromatic carbocycles. The lowest BCUT2D eigenvalue weighted by atomic mass is 9.96. The van der Waals surface area contributed by atoms with Crippen LogP contribution in [-0.2, 0) is 81.5 Å². The summed E-state index contributed by atoms with van der Waals surface area (Å²) in [4.78, 5) is 251. The lowest BCUT2D eigenvalue weighted by Gasteiger charge is -2.31. The third-order valence-corrected chi connectivity index (χ3v) is 23.0.